The van der Waals surface area contributed by atoms with E-state index in [9.17, 15) is 4.79 Å². The first kappa shape index (κ1) is 12.4. The van der Waals surface area contributed by atoms with Crippen molar-refractivity contribution in [3.63, 3.8) is 0 Å². The molecule has 1 atom stereocenters. The van der Waals surface area contributed by atoms with Crippen LogP contribution in [0.4, 0.5) is 5.69 Å². The van der Waals surface area contributed by atoms with Crippen LogP contribution < -0.4 is 4.90 Å². The van der Waals surface area contributed by atoms with Crippen LogP contribution in [0.25, 0.3) is 0 Å². The monoisotopic (exact) mass is 315 g/mol. The van der Waals surface area contributed by atoms with E-state index in [-0.39, 0.29) is 11.9 Å². The molecule has 2 nitrogen and oxygen atoms in total. The van der Waals surface area contributed by atoms with Gasteiger partial charge in [-0.2, -0.15) is 0 Å². The zero-order valence-electron chi connectivity index (χ0n) is 10.6. The van der Waals surface area contributed by atoms with Crippen LogP contribution in [0.3, 0.4) is 0 Å². The molecule has 0 saturated heterocycles. The van der Waals surface area contributed by atoms with Gasteiger partial charge in [-0.1, -0.05) is 30.3 Å². The lowest BCUT2D eigenvalue weighted by Crippen LogP contribution is -2.35. The fourth-order valence-electron chi connectivity index (χ4n) is 2.64. The maximum atomic E-state index is 12.7. The van der Waals surface area contributed by atoms with Crippen molar-refractivity contribution in [3.05, 3.63) is 64.1 Å². The Labute approximate surface area is 121 Å². The summed E-state index contributed by atoms with van der Waals surface area (Å²) in [6, 6.07) is 15.9. The highest BCUT2D eigenvalue weighted by Gasteiger charge is 2.31. The Balaban J connectivity index is 2.03. The second kappa shape index (κ2) is 4.82. The molecule has 3 heteroatoms. The zero-order chi connectivity index (χ0) is 13.4. The first-order chi connectivity index (χ1) is 9.18. The predicted molar refractivity (Wildman–Crippen MR) is 80.6 cm³/mol. The van der Waals surface area contributed by atoms with E-state index in [0.717, 1.165) is 16.6 Å². The summed E-state index contributed by atoms with van der Waals surface area (Å²) in [6.07, 6.45) is 0.923. The fraction of sp³-hybridized carbons (Fsp3) is 0.188. The van der Waals surface area contributed by atoms with Gasteiger partial charge in [-0.25, -0.2) is 0 Å². The third kappa shape index (κ3) is 2.08. The van der Waals surface area contributed by atoms with Crippen LogP contribution in [0.5, 0.6) is 0 Å². The molecule has 0 radical (unpaired) electrons. The number of rotatable bonds is 1. The first-order valence-electron chi connectivity index (χ1n) is 6.34. The number of hydrogen-bond acceptors (Lipinski definition) is 1. The smallest absolute Gasteiger partial charge is 0.259 e. The highest BCUT2D eigenvalue weighted by atomic mass is 79.9. The molecule has 0 aliphatic carbocycles. The molecule has 1 aliphatic rings. The Hall–Kier alpha value is -1.61. The summed E-state index contributed by atoms with van der Waals surface area (Å²) < 4.78 is 0.844. The number of nitrogens with zero attached hydrogens (tertiary/aromatic N) is 1. The number of carbonyl (C=O) groups is 1. The van der Waals surface area contributed by atoms with Crippen molar-refractivity contribution in [2.24, 2.45) is 0 Å². The number of carbonyl (C=O) groups excluding carboxylic acids is 1. The van der Waals surface area contributed by atoms with E-state index in [1.54, 1.807) is 0 Å². The molecule has 1 heterocycles. The average molecular weight is 316 g/mol. The summed E-state index contributed by atoms with van der Waals surface area (Å²) in [6.45, 7) is 2.09. The molecule has 2 aromatic carbocycles. The van der Waals surface area contributed by atoms with Gasteiger partial charge in [0.1, 0.15) is 0 Å². The molecule has 1 aliphatic heterocycles. The molecule has 19 heavy (non-hydrogen) atoms. The van der Waals surface area contributed by atoms with Crippen molar-refractivity contribution in [1.29, 1.82) is 0 Å². The highest BCUT2D eigenvalue weighted by Crippen LogP contribution is 2.33. The van der Waals surface area contributed by atoms with E-state index >= 15 is 0 Å². The molecule has 0 N–H and O–H groups in total. The Morgan fingerprint density at radius 1 is 1.16 bits per heavy atom. The van der Waals surface area contributed by atoms with E-state index in [1.807, 2.05) is 47.4 Å². The Morgan fingerprint density at radius 2 is 1.84 bits per heavy atom. The van der Waals surface area contributed by atoms with E-state index in [4.69, 9.17) is 0 Å². The van der Waals surface area contributed by atoms with Crippen LogP contribution in [-0.4, -0.2) is 11.9 Å². The Morgan fingerprint density at radius 3 is 2.63 bits per heavy atom. The van der Waals surface area contributed by atoms with Crippen LogP contribution in [0.15, 0.2) is 53.0 Å². The summed E-state index contributed by atoms with van der Waals surface area (Å²) >= 11 is 3.46. The van der Waals surface area contributed by atoms with Crippen molar-refractivity contribution in [1.82, 2.24) is 0 Å². The molecule has 1 unspecified atom stereocenters. The van der Waals surface area contributed by atoms with Crippen molar-refractivity contribution in [3.8, 4) is 0 Å². The van der Waals surface area contributed by atoms with Gasteiger partial charge in [-0.05, 0) is 53.0 Å². The van der Waals surface area contributed by atoms with Crippen LogP contribution in [0, 0.1) is 0 Å². The maximum Gasteiger partial charge on any atom is 0.259 e. The number of anilines is 1. The summed E-state index contributed by atoms with van der Waals surface area (Å²) in [5, 5.41) is 0. The second-order valence-electron chi connectivity index (χ2n) is 4.84. The van der Waals surface area contributed by atoms with E-state index in [1.165, 1.54) is 5.56 Å². The van der Waals surface area contributed by atoms with Gasteiger partial charge in [0.2, 0.25) is 0 Å². The van der Waals surface area contributed by atoms with E-state index in [0.29, 0.717) is 5.56 Å². The number of halogens is 1. The number of fused-ring (bicyclic) bond motifs is 1. The number of benzene rings is 2. The molecular formula is C16H14BrNO. The molecule has 3 rings (SSSR count). The molecule has 0 bridgehead atoms. The predicted octanol–water partition coefficient (Wildman–Crippen LogP) is 4.04. The van der Waals surface area contributed by atoms with Gasteiger partial charge in [0.25, 0.3) is 5.91 Å². The summed E-state index contributed by atoms with van der Waals surface area (Å²) in [5.74, 6) is 0.0601. The third-order valence-corrected chi connectivity index (χ3v) is 4.22. The van der Waals surface area contributed by atoms with Gasteiger partial charge in [0.15, 0.2) is 0 Å². The molecular weight excluding hydrogens is 302 g/mol. The normalized spacial score (nSPS) is 17.4. The Kier molecular flexibility index (Phi) is 3.15. The quantitative estimate of drug-likeness (QED) is 0.777. The second-order valence-corrected chi connectivity index (χ2v) is 5.69. The standard InChI is InChI=1S/C16H14BrNO/c1-11-10-12-6-2-5-9-15(12)18(11)16(19)13-7-3-4-8-14(13)17/h2-9,11H,10H2,1H3. The minimum atomic E-state index is 0.0601. The lowest BCUT2D eigenvalue weighted by atomic mass is 10.1. The first-order valence-corrected chi connectivity index (χ1v) is 7.14. The van der Waals surface area contributed by atoms with Crippen molar-refractivity contribution in [2.45, 2.75) is 19.4 Å². The lowest BCUT2D eigenvalue weighted by molar-refractivity contribution is 0.0980. The molecule has 0 saturated carbocycles. The molecule has 0 fully saturated rings. The highest BCUT2D eigenvalue weighted by molar-refractivity contribution is 9.10. The maximum absolute atomic E-state index is 12.7. The largest absolute Gasteiger partial charge is 0.305 e. The minimum Gasteiger partial charge on any atom is -0.305 e. The zero-order valence-corrected chi connectivity index (χ0v) is 12.2. The van der Waals surface area contributed by atoms with Crippen molar-refractivity contribution >= 4 is 27.5 Å². The van der Waals surface area contributed by atoms with Crippen molar-refractivity contribution in [2.75, 3.05) is 4.90 Å². The van der Waals surface area contributed by atoms with Gasteiger partial charge in [0, 0.05) is 16.2 Å². The molecule has 0 spiro atoms. The number of amides is 1. The summed E-state index contributed by atoms with van der Waals surface area (Å²) in [5.41, 5.74) is 3.00. The topological polar surface area (TPSA) is 20.3 Å². The van der Waals surface area contributed by atoms with E-state index < -0.39 is 0 Å². The number of para-hydroxylation sites is 1. The minimum absolute atomic E-state index is 0.0601. The van der Waals surface area contributed by atoms with Crippen LogP contribution in [-0.2, 0) is 6.42 Å². The van der Waals surface area contributed by atoms with Crippen LogP contribution in [0.1, 0.15) is 22.8 Å². The summed E-state index contributed by atoms with van der Waals surface area (Å²) in [7, 11) is 0. The lowest BCUT2D eigenvalue weighted by Gasteiger charge is -2.23. The SMILES string of the molecule is CC1Cc2ccccc2N1C(=O)c1ccccc1Br. The van der Waals surface area contributed by atoms with Crippen LogP contribution >= 0.6 is 15.9 Å². The summed E-state index contributed by atoms with van der Waals surface area (Å²) in [4.78, 5) is 14.6. The van der Waals surface area contributed by atoms with E-state index in [2.05, 4.69) is 28.9 Å². The van der Waals surface area contributed by atoms with Gasteiger partial charge < -0.3 is 4.90 Å². The molecule has 2 aromatic rings. The Bertz CT molecular complexity index is 638. The average Bonchev–Trinajstić information content (AvgIpc) is 2.74. The van der Waals surface area contributed by atoms with Crippen molar-refractivity contribution < 1.29 is 4.79 Å². The number of hydrogen-bond donors (Lipinski definition) is 0. The molecule has 0 aromatic heterocycles. The molecule has 1 amide bonds. The van der Waals surface area contributed by atoms with Gasteiger partial charge >= 0.3 is 0 Å². The van der Waals surface area contributed by atoms with Crippen LogP contribution in [0.2, 0.25) is 0 Å². The van der Waals surface area contributed by atoms with Gasteiger partial charge in [-0.15, -0.1) is 0 Å². The fourth-order valence-corrected chi connectivity index (χ4v) is 3.09. The third-order valence-electron chi connectivity index (χ3n) is 3.53. The molecule has 96 valence electrons. The van der Waals surface area contributed by atoms with Gasteiger partial charge in [-0.3, -0.25) is 4.79 Å². The van der Waals surface area contributed by atoms with Gasteiger partial charge in [0.05, 0.1) is 5.56 Å².